The van der Waals surface area contributed by atoms with Crippen molar-refractivity contribution in [2.75, 3.05) is 31.1 Å². The quantitative estimate of drug-likeness (QED) is 0.835. The summed E-state index contributed by atoms with van der Waals surface area (Å²) in [4.78, 5) is 7.04. The van der Waals surface area contributed by atoms with E-state index in [1.165, 1.54) is 6.07 Å². The van der Waals surface area contributed by atoms with Crippen molar-refractivity contribution < 1.29 is 9.13 Å². The number of rotatable bonds is 3. The molecular weight excluding hydrogens is 376 g/mol. The maximum absolute atomic E-state index is 14.3. The molecule has 1 unspecified atom stereocenters. The van der Waals surface area contributed by atoms with Gasteiger partial charge in [0.2, 0.25) is 0 Å². The van der Waals surface area contributed by atoms with E-state index in [0.717, 1.165) is 62.5 Å². The van der Waals surface area contributed by atoms with E-state index in [1.54, 1.807) is 12.1 Å². The maximum atomic E-state index is 14.3. The van der Waals surface area contributed by atoms with Gasteiger partial charge in [-0.1, -0.05) is 29.3 Å². The molecule has 0 spiro atoms. The fourth-order valence-corrected chi connectivity index (χ4v) is 4.03. The van der Waals surface area contributed by atoms with Gasteiger partial charge in [0.25, 0.3) is 0 Å². The lowest BCUT2D eigenvalue weighted by molar-refractivity contribution is 0.170. The minimum absolute atomic E-state index is 0.0594. The van der Waals surface area contributed by atoms with Crippen LogP contribution >= 0.6 is 23.2 Å². The van der Waals surface area contributed by atoms with Crippen LogP contribution in [0.15, 0.2) is 24.3 Å². The van der Waals surface area contributed by atoms with Gasteiger partial charge in [-0.05, 0) is 43.0 Å². The van der Waals surface area contributed by atoms with E-state index in [4.69, 9.17) is 32.9 Å². The number of piperazine rings is 1. The first-order valence-corrected chi connectivity index (χ1v) is 9.64. The standard InChI is InChI=1S/C19H20Cl2FN3O/c20-13-4-2-5-15(17(13)22)26-16-6-1-3-12-11-14(21)19(24-18(12)16)25-9-7-23-8-10-25/h2,4-5,11,16,23H,1,3,6-10H2. The van der Waals surface area contributed by atoms with E-state index in [1.807, 2.05) is 6.07 Å². The molecule has 1 aliphatic heterocycles. The highest BCUT2D eigenvalue weighted by Crippen LogP contribution is 2.38. The van der Waals surface area contributed by atoms with Crippen molar-refractivity contribution in [2.24, 2.45) is 0 Å². The number of aromatic nitrogens is 1. The Labute approximate surface area is 162 Å². The van der Waals surface area contributed by atoms with Gasteiger partial charge in [0, 0.05) is 26.2 Å². The minimum atomic E-state index is -0.530. The summed E-state index contributed by atoms with van der Waals surface area (Å²) < 4.78 is 20.2. The van der Waals surface area contributed by atoms with Gasteiger partial charge in [-0.25, -0.2) is 9.37 Å². The average Bonchev–Trinajstić information content (AvgIpc) is 2.66. The van der Waals surface area contributed by atoms with Crippen molar-refractivity contribution in [1.82, 2.24) is 10.3 Å². The number of benzene rings is 1. The topological polar surface area (TPSA) is 37.4 Å². The molecule has 2 aromatic rings. The molecule has 2 aliphatic rings. The summed E-state index contributed by atoms with van der Waals surface area (Å²) in [6, 6.07) is 6.79. The van der Waals surface area contributed by atoms with Crippen LogP contribution in [0.5, 0.6) is 5.75 Å². The number of fused-ring (bicyclic) bond motifs is 1. The van der Waals surface area contributed by atoms with Crippen LogP contribution < -0.4 is 15.0 Å². The van der Waals surface area contributed by atoms with Crippen molar-refractivity contribution in [2.45, 2.75) is 25.4 Å². The molecule has 1 aromatic heterocycles. The molecular formula is C19H20Cl2FN3O. The number of nitrogens with one attached hydrogen (secondary N) is 1. The zero-order valence-electron chi connectivity index (χ0n) is 14.3. The predicted octanol–water partition coefficient (Wildman–Crippen LogP) is 4.39. The minimum Gasteiger partial charge on any atom is -0.481 e. The van der Waals surface area contributed by atoms with Crippen molar-refractivity contribution in [3.05, 3.63) is 51.4 Å². The average molecular weight is 396 g/mol. The summed E-state index contributed by atoms with van der Waals surface area (Å²) in [6.07, 6.45) is 2.34. The Kier molecular flexibility index (Phi) is 5.20. The van der Waals surface area contributed by atoms with Crippen LogP contribution in [0.4, 0.5) is 10.2 Å². The summed E-state index contributed by atoms with van der Waals surface area (Å²) in [5, 5.41) is 4.05. The second-order valence-electron chi connectivity index (χ2n) is 6.63. The summed E-state index contributed by atoms with van der Waals surface area (Å²) in [5.41, 5.74) is 1.93. The smallest absolute Gasteiger partial charge is 0.183 e. The number of halogens is 3. The molecule has 4 nitrogen and oxygen atoms in total. The molecule has 1 fully saturated rings. The highest BCUT2D eigenvalue weighted by molar-refractivity contribution is 6.33. The Hall–Kier alpha value is -1.56. The lowest BCUT2D eigenvalue weighted by Gasteiger charge is -2.32. The van der Waals surface area contributed by atoms with Crippen LogP contribution in [0.25, 0.3) is 0 Å². The molecule has 4 rings (SSSR count). The first-order valence-electron chi connectivity index (χ1n) is 8.89. The van der Waals surface area contributed by atoms with Gasteiger partial charge in [-0.15, -0.1) is 0 Å². The molecule has 1 aromatic carbocycles. The summed E-state index contributed by atoms with van der Waals surface area (Å²) in [7, 11) is 0. The molecule has 0 amide bonds. The molecule has 1 saturated heterocycles. The highest BCUT2D eigenvalue weighted by Gasteiger charge is 2.28. The molecule has 1 N–H and O–H groups in total. The number of aryl methyl sites for hydroxylation is 1. The molecule has 0 radical (unpaired) electrons. The maximum Gasteiger partial charge on any atom is 0.183 e. The number of nitrogens with zero attached hydrogens (tertiary/aromatic N) is 2. The number of pyridine rings is 1. The van der Waals surface area contributed by atoms with Crippen LogP contribution in [-0.2, 0) is 6.42 Å². The van der Waals surface area contributed by atoms with Crippen LogP contribution in [-0.4, -0.2) is 31.2 Å². The molecule has 26 heavy (non-hydrogen) atoms. The largest absolute Gasteiger partial charge is 0.481 e. The zero-order chi connectivity index (χ0) is 18.1. The molecule has 0 bridgehead atoms. The number of ether oxygens (including phenoxy) is 1. The second-order valence-corrected chi connectivity index (χ2v) is 7.44. The molecule has 0 saturated carbocycles. The fourth-order valence-electron chi connectivity index (χ4n) is 3.57. The van der Waals surface area contributed by atoms with Gasteiger partial charge in [0.15, 0.2) is 11.6 Å². The third-order valence-electron chi connectivity index (χ3n) is 4.89. The van der Waals surface area contributed by atoms with E-state index in [0.29, 0.717) is 5.02 Å². The van der Waals surface area contributed by atoms with Crippen molar-refractivity contribution in [3.8, 4) is 5.75 Å². The summed E-state index contributed by atoms with van der Waals surface area (Å²) in [5.74, 6) is 0.419. The Morgan fingerprint density at radius 2 is 2.00 bits per heavy atom. The van der Waals surface area contributed by atoms with Gasteiger partial charge in [-0.2, -0.15) is 0 Å². The predicted molar refractivity (Wildman–Crippen MR) is 102 cm³/mol. The third kappa shape index (κ3) is 3.48. The third-order valence-corrected chi connectivity index (χ3v) is 5.46. The summed E-state index contributed by atoms with van der Waals surface area (Å²) in [6.45, 7) is 3.53. The first-order chi connectivity index (χ1) is 12.6. The van der Waals surface area contributed by atoms with E-state index in [-0.39, 0.29) is 16.9 Å². The van der Waals surface area contributed by atoms with Gasteiger partial charge in [0.1, 0.15) is 11.9 Å². The number of anilines is 1. The molecule has 7 heteroatoms. The Bertz CT molecular complexity index is 812. The molecule has 138 valence electrons. The Morgan fingerprint density at radius 3 is 2.81 bits per heavy atom. The number of hydrogen-bond donors (Lipinski definition) is 1. The lowest BCUT2D eigenvalue weighted by Crippen LogP contribution is -2.44. The van der Waals surface area contributed by atoms with E-state index < -0.39 is 5.82 Å². The van der Waals surface area contributed by atoms with Crippen LogP contribution in [0, 0.1) is 5.82 Å². The molecule has 2 heterocycles. The van der Waals surface area contributed by atoms with E-state index >= 15 is 0 Å². The summed E-state index contributed by atoms with van der Waals surface area (Å²) >= 11 is 12.4. The van der Waals surface area contributed by atoms with Gasteiger partial charge < -0.3 is 15.0 Å². The highest BCUT2D eigenvalue weighted by atomic mass is 35.5. The Balaban J connectivity index is 1.67. The van der Waals surface area contributed by atoms with Crippen molar-refractivity contribution in [3.63, 3.8) is 0 Å². The van der Waals surface area contributed by atoms with E-state index in [2.05, 4.69) is 10.2 Å². The molecule has 1 atom stereocenters. The second kappa shape index (κ2) is 7.59. The fraction of sp³-hybridized carbons (Fsp3) is 0.421. The SMILES string of the molecule is Fc1c(Cl)cccc1OC1CCCc2cc(Cl)c(N3CCNCC3)nc21. The monoisotopic (exact) mass is 395 g/mol. The van der Waals surface area contributed by atoms with Gasteiger partial charge in [-0.3, -0.25) is 0 Å². The van der Waals surface area contributed by atoms with Gasteiger partial charge >= 0.3 is 0 Å². The Morgan fingerprint density at radius 1 is 1.19 bits per heavy atom. The van der Waals surface area contributed by atoms with Crippen molar-refractivity contribution in [1.29, 1.82) is 0 Å². The van der Waals surface area contributed by atoms with Crippen LogP contribution in [0.3, 0.4) is 0 Å². The normalized spacial score (nSPS) is 20.0. The number of hydrogen-bond acceptors (Lipinski definition) is 4. The molecule has 1 aliphatic carbocycles. The van der Waals surface area contributed by atoms with Crippen molar-refractivity contribution >= 4 is 29.0 Å². The van der Waals surface area contributed by atoms with E-state index in [9.17, 15) is 4.39 Å². The van der Waals surface area contributed by atoms with Gasteiger partial charge in [0.05, 0.1) is 15.7 Å². The van der Waals surface area contributed by atoms with Crippen LogP contribution in [0.1, 0.15) is 30.2 Å². The first kappa shape index (κ1) is 17.8. The van der Waals surface area contributed by atoms with Crippen LogP contribution in [0.2, 0.25) is 10.0 Å². The zero-order valence-corrected chi connectivity index (χ0v) is 15.8. The lowest BCUT2D eigenvalue weighted by atomic mass is 9.93.